The van der Waals surface area contributed by atoms with Crippen molar-refractivity contribution in [1.82, 2.24) is 0 Å². The molecule has 0 aliphatic heterocycles. The van der Waals surface area contributed by atoms with Gasteiger partial charge < -0.3 is 14.6 Å². The average molecular weight is 202 g/mol. The molecule has 0 radical (unpaired) electrons. The number of Topliss-reactive ketones (excluding diaryl/α,β-unsaturated/α-hetero) is 1. The number of carbonyl (C=O) groups excluding carboxylic acids is 2. The monoisotopic (exact) mass is 202 g/mol. The molecule has 4 nitrogen and oxygen atoms in total. The smallest absolute Gasteiger partial charge is 0.541 e. The quantitative estimate of drug-likeness (QED) is 0.291. The molecule has 1 aromatic rings. The molecule has 0 unspecified atom stereocenters. The van der Waals surface area contributed by atoms with Crippen LogP contribution in [0.25, 0.3) is 0 Å². The number of methoxy groups -OCH3 is 1. The van der Waals surface area contributed by atoms with Gasteiger partial charge in [0.1, 0.15) is 11.7 Å². The van der Waals surface area contributed by atoms with E-state index in [-0.39, 0.29) is 35.1 Å². The summed E-state index contributed by atoms with van der Waals surface area (Å²) in [5.41, 5.74) is 0.0841. The van der Waals surface area contributed by atoms with Gasteiger partial charge in [-0.2, -0.15) is 0 Å². The van der Waals surface area contributed by atoms with Crippen molar-refractivity contribution in [2.75, 3.05) is 7.11 Å². The van der Waals surface area contributed by atoms with Gasteiger partial charge in [0.15, 0.2) is 0 Å². The molecule has 1 rings (SSSR count). The SMILES string of the molecule is COc1ccc(C(=O)C(=O)[O-])cc1.[Na+]. The average Bonchev–Trinajstić information content (AvgIpc) is 2.17. The summed E-state index contributed by atoms with van der Waals surface area (Å²) in [7, 11) is 1.48. The molecule has 0 heterocycles. The summed E-state index contributed by atoms with van der Waals surface area (Å²) in [6, 6.07) is 5.76. The van der Waals surface area contributed by atoms with Crippen LogP contribution in [0.4, 0.5) is 0 Å². The summed E-state index contributed by atoms with van der Waals surface area (Å²) in [4.78, 5) is 21.0. The van der Waals surface area contributed by atoms with Crippen molar-refractivity contribution in [3.8, 4) is 5.75 Å². The minimum atomic E-state index is -1.70. The van der Waals surface area contributed by atoms with Crippen molar-refractivity contribution in [3.63, 3.8) is 0 Å². The first-order valence-electron chi connectivity index (χ1n) is 3.55. The van der Waals surface area contributed by atoms with Crippen LogP contribution in [-0.2, 0) is 4.79 Å². The molecule has 0 bridgehead atoms. The van der Waals surface area contributed by atoms with Crippen LogP contribution in [0.3, 0.4) is 0 Å². The van der Waals surface area contributed by atoms with Gasteiger partial charge in [-0.1, -0.05) is 0 Å². The van der Waals surface area contributed by atoms with E-state index in [1.54, 1.807) is 0 Å². The topological polar surface area (TPSA) is 66.4 Å². The summed E-state index contributed by atoms with van der Waals surface area (Å²) in [6.45, 7) is 0. The van der Waals surface area contributed by atoms with E-state index in [0.29, 0.717) is 5.75 Å². The third-order valence-corrected chi connectivity index (χ3v) is 1.54. The van der Waals surface area contributed by atoms with E-state index in [9.17, 15) is 14.7 Å². The van der Waals surface area contributed by atoms with E-state index >= 15 is 0 Å². The van der Waals surface area contributed by atoms with Gasteiger partial charge in [0, 0.05) is 5.56 Å². The van der Waals surface area contributed by atoms with Crippen molar-refractivity contribution in [2.24, 2.45) is 0 Å². The van der Waals surface area contributed by atoms with Crippen molar-refractivity contribution in [3.05, 3.63) is 29.8 Å². The van der Waals surface area contributed by atoms with Crippen LogP contribution >= 0.6 is 0 Å². The second-order valence-electron chi connectivity index (χ2n) is 2.35. The van der Waals surface area contributed by atoms with E-state index < -0.39 is 11.8 Å². The number of hydrogen-bond acceptors (Lipinski definition) is 4. The summed E-state index contributed by atoms with van der Waals surface area (Å²) < 4.78 is 4.84. The molecular formula is C9H7NaO4. The molecule has 0 amide bonds. The normalized spacial score (nSPS) is 8.64. The molecular weight excluding hydrogens is 195 g/mol. The van der Waals surface area contributed by atoms with Gasteiger partial charge >= 0.3 is 29.6 Å². The van der Waals surface area contributed by atoms with E-state index in [2.05, 4.69) is 0 Å². The summed E-state index contributed by atoms with van der Waals surface area (Å²) >= 11 is 0. The maximum atomic E-state index is 10.8. The van der Waals surface area contributed by atoms with Gasteiger partial charge in [0.05, 0.1) is 7.11 Å². The van der Waals surface area contributed by atoms with Gasteiger partial charge in [-0.15, -0.1) is 0 Å². The molecule has 0 fully saturated rings. The van der Waals surface area contributed by atoms with E-state index in [4.69, 9.17) is 4.74 Å². The summed E-state index contributed by atoms with van der Waals surface area (Å²) in [5, 5.41) is 10.2. The van der Waals surface area contributed by atoms with Gasteiger partial charge in [-0.25, -0.2) is 0 Å². The zero-order chi connectivity index (χ0) is 9.84. The Bertz CT molecular complexity index is 331. The zero-order valence-electron chi connectivity index (χ0n) is 7.94. The Balaban J connectivity index is 0.00000169. The molecule has 0 aromatic heterocycles. The Morgan fingerprint density at radius 2 is 1.71 bits per heavy atom. The van der Waals surface area contributed by atoms with Gasteiger partial charge in [0.25, 0.3) is 0 Å². The van der Waals surface area contributed by atoms with Crippen LogP contribution in [0.5, 0.6) is 5.75 Å². The van der Waals surface area contributed by atoms with Crippen LogP contribution in [0.15, 0.2) is 24.3 Å². The molecule has 0 aliphatic rings. The maximum Gasteiger partial charge on any atom is 1.00 e. The first kappa shape index (κ1) is 13.2. The fourth-order valence-electron chi connectivity index (χ4n) is 0.860. The molecule has 1 aromatic carbocycles. The van der Waals surface area contributed by atoms with E-state index in [0.717, 1.165) is 0 Å². The third kappa shape index (κ3) is 3.14. The second kappa shape index (κ2) is 5.80. The molecule has 14 heavy (non-hydrogen) atoms. The Kier molecular flexibility index (Phi) is 5.45. The Morgan fingerprint density at radius 1 is 1.21 bits per heavy atom. The van der Waals surface area contributed by atoms with E-state index in [1.165, 1.54) is 31.4 Å². The number of hydrogen-bond donors (Lipinski definition) is 0. The van der Waals surface area contributed by atoms with Crippen molar-refractivity contribution >= 4 is 11.8 Å². The van der Waals surface area contributed by atoms with Gasteiger partial charge in [-0.05, 0) is 24.3 Å². The minimum Gasteiger partial charge on any atom is -0.541 e. The number of carboxylic acids is 1. The molecule has 0 saturated carbocycles. The molecule has 0 saturated heterocycles. The zero-order valence-corrected chi connectivity index (χ0v) is 9.94. The first-order valence-corrected chi connectivity index (χ1v) is 3.55. The molecule has 0 aliphatic carbocycles. The van der Waals surface area contributed by atoms with Gasteiger partial charge in [-0.3, -0.25) is 4.79 Å². The molecule has 68 valence electrons. The fraction of sp³-hybridized carbons (Fsp3) is 0.111. The number of ether oxygens (including phenoxy) is 1. The van der Waals surface area contributed by atoms with Crippen molar-refractivity contribution in [1.29, 1.82) is 0 Å². The largest absolute Gasteiger partial charge is 1.00 e. The molecule has 5 heteroatoms. The van der Waals surface area contributed by atoms with E-state index in [1.807, 2.05) is 0 Å². The number of carbonyl (C=O) groups is 2. The Labute approximate surface area is 103 Å². The Morgan fingerprint density at radius 3 is 2.07 bits per heavy atom. The van der Waals surface area contributed by atoms with Crippen molar-refractivity contribution in [2.45, 2.75) is 0 Å². The van der Waals surface area contributed by atoms with Crippen LogP contribution in [0.2, 0.25) is 0 Å². The minimum absolute atomic E-state index is 0. The number of carboxylic acid groups (broad SMARTS) is 1. The van der Waals surface area contributed by atoms with Crippen LogP contribution in [0, 0.1) is 0 Å². The fourth-order valence-corrected chi connectivity index (χ4v) is 0.860. The van der Waals surface area contributed by atoms with Gasteiger partial charge in [0.2, 0.25) is 5.78 Å². The van der Waals surface area contributed by atoms with Crippen LogP contribution in [-0.4, -0.2) is 18.9 Å². The Hall–Kier alpha value is -0.840. The predicted molar refractivity (Wildman–Crippen MR) is 42.3 cm³/mol. The van der Waals surface area contributed by atoms with Crippen LogP contribution < -0.4 is 39.4 Å². The van der Waals surface area contributed by atoms with Crippen molar-refractivity contribution < 1.29 is 49.0 Å². The summed E-state index contributed by atoms with van der Waals surface area (Å²) in [5.74, 6) is -2.16. The summed E-state index contributed by atoms with van der Waals surface area (Å²) in [6.07, 6.45) is 0. The number of aliphatic carboxylic acids is 1. The number of ketones is 1. The molecule has 0 N–H and O–H groups in total. The third-order valence-electron chi connectivity index (χ3n) is 1.54. The maximum absolute atomic E-state index is 10.8. The predicted octanol–water partition coefficient (Wildman–Crippen LogP) is -3.37. The number of benzene rings is 1. The second-order valence-corrected chi connectivity index (χ2v) is 2.35. The molecule has 0 spiro atoms. The molecule has 0 atom stereocenters. The number of rotatable bonds is 3. The standard InChI is InChI=1S/C9H8O4.Na/c1-13-7-4-2-6(3-5-7)8(10)9(11)12;/h2-5H,1H3,(H,11,12);/q;+1/p-1. The first-order chi connectivity index (χ1) is 6.15. The van der Waals surface area contributed by atoms with Crippen LogP contribution in [0.1, 0.15) is 10.4 Å².